The molecule has 3 aromatic carbocycles. The highest BCUT2D eigenvalue weighted by molar-refractivity contribution is 5.44. The van der Waals surface area contributed by atoms with Crippen LogP contribution in [0, 0.1) is 5.82 Å². The van der Waals surface area contributed by atoms with E-state index in [1.54, 1.807) is 12.1 Å². The predicted octanol–water partition coefficient (Wildman–Crippen LogP) is 4.42. The predicted molar refractivity (Wildman–Crippen MR) is 100 cm³/mol. The van der Waals surface area contributed by atoms with Crippen molar-refractivity contribution in [3.05, 3.63) is 89.2 Å². The molecular weight excluding hydrogens is 345 g/mol. The van der Waals surface area contributed by atoms with Crippen LogP contribution in [0.1, 0.15) is 16.7 Å². The number of fused-ring (bicyclic) bond motifs is 1. The van der Waals surface area contributed by atoms with Gasteiger partial charge in [0.05, 0.1) is 0 Å². The first kappa shape index (κ1) is 17.4. The average molecular weight is 365 g/mol. The topological polar surface area (TPSA) is 39.7 Å². The van der Waals surface area contributed by atoms with Crippen molar-refractivity contribution in [2.75, 3.05) is 6.79 Å². The van der Waals surface area contributed by atoms with Gasteiger partial charge in [-0.1, -0.05) is 36.4 Å². The van der Waals surface area contributed by atoms with Crippen LogP contribution in [-0.2, 0) is 19.7 Å². The maximum atomic E-state index is 13.0. The van der Waals surface area contributed by atoms with E-state index >= 15 is 0 Å². The second kappa shape index (κ2) is 8.10. The number of hydrogen-bond acceptors (Lipinski definition) is 4. The van der Waals surface area contributed by atoms with Gasteiger partial charge in [0.25, 0.3) is 0 Å². The van der Waals surface area contributed by atoms with E-state index in [9.17, 15) is 4.39 Å². The maximum Gasteiger partial charge on any atom is 0.231 e. The van der Waals surface area contributed by atoms with Crippen LogP contribution in [0.15, 0.2) is 66.7 Å². The fourth-order valence-electron chi connectivity index (χ4n) is 2.92. The van der Waals surface area contributed by atoms with Crippen molar-refractivity contribution in [3.8, 4) is 17.2 Å². The summed E-state index contributed by atoms with van der Waals surface area (Å²) < 4.78 is 29.7. The fourth-order valence-corrected chi connectivity index (χ4v) is 2.92. The Balaban J connectivity index is 1.34. The highest BCUT2D eigenvalue weighted by Gasteiger charge is 2.13. The first-order chi connectivity index (χ1) is 13.3. The van der Waals surface area contributed by atoms with E-state index in [1.807, 2.05) is 42.5 Å². The summed E-state index contributed by atoms with van der Waals surface area (Å²) in [4.78, 5) is 0. The molecule has 0 spiro atoms. The minimum absolute atomic E-state index is 0.244. The Morgan fingerprint density at radius 3 is 2.52 bits per heavy atom. The Morgan fingerprint density at radius 2 is 1.63 bits per heavy atom. The molecule has 0 aliphatic carbocycles. The lowest BCUT2D eigenvalue weighted by Gasteiger charge is -2.12. The van der Waals surface area contributed by atoms with Gasteiger partial charge >= 0.3 is 0 Å². The van der Waals surface area contributed by atoms with Crippen molar-refractivity contribution >= 4 is 0 Å². The molecule has 0 saturated carbocycles. The number of benzene rings is 3. The molecule has 0 unspecified atom stereocenters. The van der Waals surface area contributed by atoms with Crippen LogP contribution in [0.25, 0.3) is 0 Å². The summed E-state index contributed by atoms with van der Waals surface area (Å²) in [6.45, 7) is 2.07. The van der Waals surface area contributed by atoms with Gasteiger partial charge in [0.2, 0.25) is 6.79 Å². The minimum Gasteiger partial charge on any atom is -0.489 e. The summed E-state index contributed by atoms with van der Waals surface area (Å²) in [5, 5.41) is 3.43. The molecule has 0 atom stereocenters. The molecule has 0 radical (unpaired) electrons. The zero-order valence-corrected chi connectivity index (χ0v) is 14.8. The summed E-state index contributed by atoms with van der Waals surface area (Å²) in [5.41, 5.74) is 3.13. The number of halogens is 1. The van der Waals surface area contributed by atoms with E-state index in [4.69, 9.17) is 14.2 Å². The molecule has 3 aromatic rings. The maximum absolute atomic E-state index is 13.0. The van der Waals surface area contributed by atoms with E-state index in [-0.39, 0.29) is 12.6 Å². The third kappa shape index (κ3) is 4.38. The van der Waals surface area contributed by atoms with E-state index in [0.29, 0.717) is 19.7 Å². The number of hydrogen-bond donors (Lipinski definition) is 1. The quantitative estimate of drug-likeness (QED) is 0.673. The largest absolute Gasteiger partial charge is 0.489 e. The van der Waals surface area contributed by atoms with Crippen molar-refractivity contribution in [2.45, 2.75) is 19.7 Å². The number of para-hydroxylation sites is 1. The van der Waals surface area contributed by atoms with Gasteiger partial charge in [-0.25, -0.2) is 4.39 Å². The van der Waals surface area contributed by atoms with Crippen molar-refractivity contribution in [2.24, 2.45) is 0 Å². The molecule has 0 fully saturated rings. The van der Waals surface area contributed by atoms with Gasteiger partial charge in [0, 0.05) is 18.7 Å². The Hall–Kier alpha value is -3.05. The average Bonchev–Trinajstić information content (AvgIpc) is 3.16. The molecule has 0 bridgehead atoms. The molecule has 5 heteroatoms. The molecule has 4 rings (SSSR count). The van der Waals surface area contributed by atoms with Crippen LogP contribution in [0.2, 0.25) is 0 Å². The smallest absolute Gasteiger partial charge is 0.231 e. The van der Waals surface area contributed by atoms with Crippen LogP contribution in [-0.4, -0.2) is 6.79 Å². The van der Waals surface area contributed by atoms with E-state index in [1.165, 1.54) is 12.1 Å². The van der Waals surface area contributed by atoms with Crippen LogP contribution in [0.5, 0.6) is 17.2 Å². The third-order valence-corrected chi connectivity index (χ3v) is 4.36. The first-order valence-electron chi connectivity index (χ1n) is 8.82. The Kier molecular flexibility index (Phi) is 5.21. The molecule has 0 saturated heterocycles. The highest BCUT2D eigenvalue weighted by atomic mass is 19.1. The molecule has 1 heterocycles. The van der Waals surface area contributed by atoms with Crippen LogP contribution >= 0.6 is 0 Å². The zero-order chi connectivity index (χ0) is 18.5. The number of ether oxygens (including phenoxy) is 3. The Bertz CT molecular complexity index is 912. The lowest BCUT2D eigenvalue weighted by atomic mass is 10.1. The van der Waals surface area contributed by atoms with Gasteiger partial charge in [-0.2, -0.15) is 0 Å². The SMILES string of the molecule is Fc1ccc(COc2ccccc2CNCc2ccc3c(c2)OCO3)cc1. The van der Waals surface area contributed by atoms with Crippen LogP contribution < -0.4 is 19.5 Å². The molecule has 27 heavy (non-hydrogen) atoms. The molecule has 0 amide bonds. The van der Waals surface area contributed by atoms with Gasteiger partial charge in [-0.3, -0.25) is 0 Å². The molecule has 1 aliphatic heterocycles. The summed E-state index contributed by atoms with van der Waals surface area (Å²) in [7, 11) is 0. The van der Waals surface area contributed by atoms with Crippen molar-refractivity contribution < 1.29 is 18.6 Å². The van der Waals surface area contributed by atoms with Gasteiger partial charge in [-0.15, -0.1) is 0 Å². The molecule has 1 aliphatic rings. The molecule has 1 N–H and O–H groups in total. The van der Waals surface area contributed by atoms with Crippen LogP contribution in [0.3, 0.4) is 0 Å². The molecule has 4 nitrogen and oxygen atoms in total. The monoisotopic (exact) mass is 365 g/mol. The summed E-state index contributed by atoms with van der Waals surface area (Å²) in [5.74, 6) is 2.16. The summed E-state index contributed by atoms with van der Waals surface area (Å²) in [6, 6.07) is 20.2. The molecule has 0 aromatic heterocycles. The van der Waals surface area contributed by atoms with Gasteiger partial charge < -0.3 is 19.5 Å². The molecular formula is C22H20FNO3. The lowest BCUT2D eigenvalue weighted by molar-refractivity contribution is 0.174. The van der Waals surface area contributed by atoms with Crippen molar-refractivity contribution in [1.29, 1.82) is 0 Å². The van der Waals surface area contributed by atoms with Gasteiger partial charge in [0.1, 0.15) is 18.2 Å². The van der Waals surface area contributed by atoms with Gasteiger partial charge in [0.15, 0.2) is 11.5 Å². The second-order valence-corrected chi connectivity index (χ2v) is 6.31. The van der Waals surface area contributed by atoms with E-state index < -0.39 is 0 Å². The number of nitrogens with one attached hydrogen (secondary N) is 1. The van der Waals surface area contributed by atoms with E-state index in [0.717, 1.165) is 33.9 Å². The first-order valence-corrected chi connectivity index (χ1v) is 8.82. The lowest BCUT2D eigenvalue weighted by Crippen LogP contribution is -2.13. The standard InChI is InChI=1S/C22H20FNO3/c23-19-8-5-16(6-9-19)14-25-20-4-2-1-3-18(20)13-24-12-17-7-10-21-22(11-17)27-15-26-21/h1-11,24H,12-15H2. The second-order valence-electron chi connectivity index (χ2n) is 6.31. The molecule has 138 valence electrons. The van der Waals surface area contributed by atoms with Crippen LogP contribution in [0.4, 0.5) is 4.39 Å². The highest BCUT2D eigenvalue weighted by Crippen LogP contribution is 2.32. The number of rotatable bonds is 7. The normalized spacial score (nSPS) is 12.2. The Labute approximate surface area is 157 Å². The van der Waals surface area contributed by atoms with Gasteiger partial charge in [-0.05, 0) is 41.5 Å². The summed E-state index contributed by atoms with van der Waals surface area (Å²) in [6.07, 6.45) is 0. The van der Waals surface area contributed by atoms with E-state index in [2.05, 4.69) is 5.32 Å². The minimum atomic E-state index is -0.244. The van der Waals surface area contributed by atoms with Crippen molar-refractivity contribution in [1.82, 2.24) is 5.32 Å². The fraction of sp³-hybridized carbons (Fsp3) is 0.182. The summed E-state index contributed by atoms with van der Waals surface area (Å²) >= 11 is 0. The zero-order valence-electron chi connectivity index (χ0n) is 14.8. The van der Waals surface area contributed by atoms with Crippen molar-refractivity contribution in [3.63, 3.8) is 0 Å². The Morgan fingerprint density at radius 1 is 0.852 bits per heavy atom. The third-order valence-electron chi connectivity index (χ3n) is 4.36.